The van der Waals surface area contributed by atoms with Gasteiger partial charge in [-0.25, -0.2) is 4.98 Å². The van der Waals surface area contributed by atoms with Gasteiger partial charge in [-0.05, 0) is 48.4 Å². The first-order valence-electron chi connectivity index (χ1n) is 11.8. The zero-order valence-corrected chi connectivity index (χ0v) is 19.9. The molecule has 0 aliphatic carbocycles. The van der Waals surface area contributed by atoms with Crippen LogP contribution >= 0.6 is 0 Å². The molecule has 0 saturated carbocycles. The molecule has 2 amide bonds. The number of benzene rings is 3. The van der Waals surface area contributed by atoms with Crippen molar-refractivity contribution in [3.63, 3.8) is 0 Å². The van der Waals surface area contributed by atoms with Gasteiger partial charge in [-0.3, -0.25) is 9.59 Å². The zero-order chi connectivity index (χ0) is 24.4. The molecule has 7 nitrogen and oxygen atoms in total. The Morgan fingerprint density at radius 1 is 1.06 bits per heavy atom. The van der Waals surface area contributed by atoms with Gasteiger partial charge in [0, 0.05) is 24.6 Å². The van der Waals surface area contributed by atoms with Crippen LogP contribution in [0.5, 0.6) is 5.75 Å². The molecular weight excluding hydrogens is 440 g/mol. The van der Waals surface area contributed by atoms with Crippen LogP contribution in [0.4, 0.5) is 11.4 Å². The standard InChI is InChI=1S/C28H28N4O3/c1-3-19-12-14-21(15-13-19)31-17-20(16-27(31)34)28-30-22-8-4-6-10-24(22)32(28)18-26(33)29-23-9-5-7-11-25(23)35-2/h4-15,20H,3,16-18H2,1-2H3,(H,29,33). The number of anilines is 2. The summed E-state index contributed by atoms with van der Waals surface area (Å²) in [5.41, 5.74) is 4.43. The lowest BCUT2D eigenvalue weighted by Crippen LogP contribution is -2.25. The Bertz CT molecular complexity index is 1380. The maximum Gasteiger partial charge on any atom is 0.244 e. The van der Waals surface area contributed by atoms with Crippen LogP contribution in [0.2, 0.25) is 0 Å². The van der Waals surface area contributed by atoms with Crippen LogP contribution in [-0.2, 0) is 22.6 Å². The van der Waals surface area contributed by atoms with Crippen LogP contribution in [0.15, 0.2) is 72.8 Å². The summed E-state index contributed by atoms with van der Waals surface area (Å²) in [4.78, 5) is 32.7. The first kappa shape index (κ1) is 22.7. The van der Waals surface area contributed by atoms with Gasteiger partial charge in [0.15, 0.2) is 0 Å². The van der Waals surface area contributed by atoms with Crippen LogP contribution in [0.1, 0.15) is 30.7 Å². The van der Waals surface area contributed by atoms with Crippen molar-refractivity contribution in [3.05, 3.63) is 84.2 Å². The van der Waals surface area contributed by atoms with E-state index in [-0.39, 0.29) is 24.3 Å². The van der Waals surface area contributed by atoms with E-state index in [0.717, 1.165) is 29.0 Å². The highest BCUT2D eigenvalue weighted by Crippen LogP contribution is 2.33. The molecule has 1 aliphatic heterocycles. The fraction of sp³-hybridized carbons (Fsp3) is 0.250. The van der Waals surface area contributed by atoms with Gasteiger partial charge in [0.2, 0.25) is 11.8 Å². The highest BCUT2D eigenvalue weighted by Gasteiger charge is 2.35. The molecule has 1 saturated heterocycles. The Balaban J connectivity index is 1.43. The Morgan fingerprint density at radius 2 is 1.80 bits per heavy atom. The van der Waals surface area contributed by atoms with Gasteiger partial charge in [-0.15, -0.1) is 0 Å². The number of hydrogen-bond acceptors (Lipinski definition) is 4. The summed E-state index contributed by atoms with van der Waals surface area (Å²) >= 11 is 0. The molecule has 35 heavy (non-hydrogen) atoms. The SMILES string of the molecule is CCc1ccc(N2CC(c3nc4ccccc4n3CC(=O)Nc3ccccc3OC)CC2=O)cc1. The predicted molar refractivity (Wildman–Crippen MR) is 137 cm³/mol. The van der Waals surface area contributed by atoms with Crippen molar-refractivity contribution in [3.8, 4) is 5.75 Å². The molecule has 3 aromatic carbocycles. The summed E-state index contributed by atoms with van der Waals surface area (Å²) in [6, 6.07) is 23.2. The molecule has 1 atom stereocenters. The molecule has 2 heterocycles. The van der Waals surface area contributed by atoms with Gasteiger partial charge >= 0.3 is 0 Å². The summed E-state index contributed by atoms with van der Waals surface area (Å²) < 4.78 is 7.29. The topological polar surface area (TPSA) is 76.5 Å². The average Bonchev–Trinajstić information content (AvgIpc) is 3.45. The first-order valence-corrected chi connectivity index (χ1v) is 11.8. The van der Waals surface area contributed by atoms with Crippen LogP contribution < -0.4 is 15.0 Å². The number of nitrogens with zero attached hydrogens (tertiary/aromatic N) is 3. The van der Waals surface area contributed by atoms with E-state index in [0.29, 0.717) is 24.4 Å². The molecule has 1 aliphatic rings. The Labute approximate surface area is 204 Å². The maximum absolute atomic E-state index is 13.1. The second-order valence-electron chi connectivity index (χ2n) is 8.72. The van der Waals surface area contributed by atoms with Crippen LogP contribution in [-0.4, -0.2) is 35.0 Å². The van der Waals surface area contributed by atoms with E-state index in [1.807, 2.05) is 58.0 Å². The molecule has 0 bridgehead atoms. The fourth-order valence-corrected chi connectivity index (χ4v) is 4.69. The highest BCUT2D eigenvalue weighted by molar-refractivity contribution is 5.97. The number of amides is 2. The number of hydrogen-bond donors (Lipinski definition) is 1. The number of rotatable bonds is 7. The lowest BCUT2D eigenvalue weighted by atomic mass is 10.1. The number of para-hydroxylation sites is 4. The molecule has 1 N–H and O–H groups in total. The van der Waals surface area contributed by atoms with Gasteiger partial charge < -0.3 is 19.5 Å². The maximum atomic E-state index is 13.1. The minimum Gasteiger partial charge on any atom is -0.495 e. The summed E-state index contributed by atoms with van der Waals surface area (Å²) in [6.45, 7) is 2.73. The molecule has 0 radical (unpaired) electrons. The number of ether oxygens (including phenoxy) is 1. The Hall–Kier alpha value is -4.13. The first-order chi connectivity index (χ1) is 17.1. The Morgan fingerprint density at radius 3 is 2.57 bits per heavy atom. The van der Waals surface area contributed by atoms with E-state index in [9.17, 15) is 9.59 Å². The van der Waals surface area contributed by atoms with E-state index in [1.54, 1.807) is 19.2 Å². The normalized spacial score (nSPS) is 15.5. The molecule has 4 aromatic rings. The van der Waals surface area contributed by atoms with Crippen molar-refractivity contribution in [1.29, 1.82) is 0 Å². The predicted octanol–water partition coefficient (Wildman–Crippen LogP) is 4.77. The summed E-state index contributed by atoms with van der Waals surface area (Å²) in [6.07, 6.45) is 1.31. The number of carbonyl (C=O) groups excluding carboxylic acids is 2. The Kier molecular flexibility index (Phi) is 6.23. The third-order valence-electron chi connectivity index (χ3n) is 6.51. The van der Waals surface area contributed by atoms with Gasteiger partial charge in [-0.2, -0.15) is 0 Å². The number of aryl methyl sites for hydroxylation is 1. The zero-order valence-electron chi connectivity index (χ0n) is 19.9. The number of imidazole rings is 1. The second-order valence-corrected chi connectivity index (χ2v) is 8.72. The lowest BCUT2D eigenvalue weighted by Gasteiger charge is -2.18. The smallest absolute Gasteiger partial charge is 0.244 e. The largest absolute Gasteiger partial charge is 0.495 e. The molecule has 178 valence electrons. The van der Waals surface area contributed by atoms with Crippen LogP contribution in [0.3, 0.4) is 0 Å². The van der Waals surface area contributed by atoms with E-state index >= 15 is 0 Å². The fourth-order valence-electron chi connectivity index (χ4n) is 4.69. The number of fused-ring (bicyclic) bond motifs is 1. The van der Waals surface area contributed by atoms with Crippen molar-refractivity contribution in [2.45, 2.75) is 32.2 Å². The minimum atomic E-state index is -0.185. The molecule has 7 heteroatoms. The van der Waals surface area contributed by atoms with Crippen molar-refractivity contribution in [2.75, 3.05) is 23.9 Å². The molecule has 0 spiro atoms. The number of methoxy groups -OCH3 is 1. The molecule has 1 fully saturated rings. The van der Waals surface area contributed by atoms with Crippen LogP contribution in [0, 0.1) is 0 Å². The summed E-state index contributed by atoms with van der Waals surface area (Å²) in [5.74, 6) is 1.12. The molecule has 5 rings (SSSR count). The molecular formula is C28H28N4O3. The summed E-state index contributed by atoms with van der Waals surface area (Å²) in [7, 11) is 1.57. The monoisotopic (exact) mass is 468 g/mol. The third kappa shape index (κ3) is 4.49. The van der Waals surface area contributed by atoms with Crippen molar-refractivity contribution < 1.29 is 14.3 Å². The number of aromatic nitrogens is 2. The molecule has 1 aromatic heterocycles. The highest BCUT2D eigenvalue weighted by atomic mass is 16.5. The van der Waals surface area contributed by atoms with Gasteiger partial charge in [0.1, 0.15) is 18.1 Å². The third-order valence-corrected chi connectivity index (χ3v) is 6.51. The van der Waals surface area contributed by atoms with Crippen molar-refractivity contribution in [2.24, 2.45) is 0 Å². The van der Waals surface area contributed by atoms with E-state index in [4.69, 9.17) is 9.72 Å². The number of nitrogens with one attached hydrogen (secondary N) is 1. The number of carbonyl (C=O) groups is 2. The summed E-state index contributed by atoms with van der Waals surface area (Å²) in [5, 5.41) is 2.95. The van der Waals surface area contributed by atoms with Crippen LogP contribution in [0.25, 0.3) is 11.0 Å². The van der Waals surface area contributed by atoms with Gasteiger partial charge in [0.05, 0.1) is 23.8 Å². The van der Waals surface area contributed by atoms with Crippen molar-refractivity contribution in [1.82, 2.24) is 9.55 Å². The van der Waals surface area contributed by atoms with Gasteiger partial charge in [-0.1, -0.05) is 43.3 Å². The van der Waals surface area contributed by atoms with E-state index < -0.39 is 0 Å². The average molecular weight is 469 g/mol. The molecule has 1 unspecified atom stereocenters. The quantitative estimate of drug-likeness (QED) is 0.424. The van der Waals surface area contributed by atoms with Crippen molar-refractivity contribution >= 4 is 34.2 Å². The van der Waals surface area contributed by atoms with E-state index in [2.05, 4.69) is 24.4 Å². The minimum absolute atomic E-state index is 0.0660. The van der Waals surface area contributed by atoms with Gasteiger partial charge in [0.25, 0.3) is 0 Å². The second kappa shape index (κ2) is 9.62. The lowest BCUT2D eigenvalue weighted by molar-refractivity contribution is -0.117. The van der Waals surface area contributed by atoms with E-state index in [1.165, 1.54) is 5.56 Å².